The Bertz CT molecular complexity index is 523. The monoisotopic (exact) mass is 221 g/mol. The molecule has 0 spiro atoms. The number of aromatic nitrogens is 2. The van der Waals surface area contributed by atoms with Crippen molar-refractivity contribution in [1.82, 2.24) is 10.2 Å². The molecule has 0 atom stereocenters. The van der Waals surface area contributed by atoms with E-state index in [-0.39, 0.29) is 23.2 Å². The Labute approximate surface area is 89.8 Å². The fourth-order valence-corrected chi connectivity index (χ4v) is 1.21. The number of hydrogen-bond acceptors (Lipinski definition) is 6. The molecule has 16 heavy (non-hydrogen) atoms. The van der Waals surface area contributed by atoms with Crippen molar-refractivity contribution in [2.75, 3.05) is 7.11 Å². The smallest absolute Gasteiger partial charge is 0.414 e. The Kier molecular flexibility index (Phi) is 2.50. The van der Waals surface area contributed by atoms with Crippen molar-refractivity contribution in [1.29, 1.82) is 0 Å². The molecule has 2 aromatic rings. The Morgan fingerprint density at radius 3 is 2.75 bits per heavy atom. The molecule has 0 radical (unpaired) electrons. The van der Waals surface area contributed by atoms with Gasteiger partial charge in [-0.25, -0.2) is 0 Å². The molecule has 1 aromatic carbocycles. The summed E-state index contributed by atoms with van der Waals surface area (Å²) in [5, 5.41) is 18.0. The zero-order valence-corrected chi connectivity index (χ0v) is 8.28. The zero-order chi connectivity index (χ0) is 11.5. The van der Waals surface area contributed by atoms with Crippen molar-refractivity contribution < 1.29 is 14.1 Å². The molecule has 1 heterocycles. The van der Waals surface area contributed by atoms with E-state index in [1.807, 2.05) is 0 Å². The van der Waals surface area contributed by atoms with E-state index in [9.17, 15) is 10.1 Å². The molecular weight excluding hydrogens is 214 g/mol. The maximum Gasteiger partial charge on any atom is 0.414 e. The number of nitro benzene ring substituents is 1. The second kappa shape index (κ2) is 3.97. The topological polar surface area (TPSA) is 91.3 Å². The van der Waals surface area contributed by atoms with Crippen molar-refractivity contribution in [3.8, 4) is 17.5 Å². The number of para-hydroxylation sites is 1. The first kappa shape index (κ1) is 10.1. The predicted octanol–water partition coefficient (Wildman–Crippen LogP) is 1.65. The van der Waals surface area contributed by atoms with Crippen LogP contribution in [0.15, 0.2) is 28.7 Å². The molecule has 0 fully saturated rings. The van der Waals surface area contributed by atoms with Crippen LogP contribution in [0, 0.1) is 10.1 Å². The highest BCUT2D eigenvalue weighted by atomic mass is 16.6. The van der Waals surface area contributed by atoms with Gasteiger partial charge in [-0.05, 0) is 6.07 Å². The third kappa shape index (κ3) is 1.70. The van der Waals surface area contributed by atoms with Gasteiger partial charge in [0.05, 0.1) is 12.0 Å². The van der Waals surface area contributed by atoms with Crippen LogP contribution in [0.4, 0.5) is 5.69 Å². The molecule has 0 aliphatic carbocycles. The molecule has 0 saturated carbocycles. The van der Waals surface area contributed by atoms with Crippen LogP contribution in [0.25, 0.3) is 11.5 Å². The van der Waals surface area contributed by atoms with Crippen LogP contribution >= 0.6 is 0 Å². The van der Waals surface area contributed by atoms with Gasteiger partial charge in [-0.2, -0.15) is 0 Å². The lowest BCUT2D eigenvalue weighted by molar-refractivity contribution is -0.384. The summed E-state index contributed by atoms with van der Waals surface area (Å²) in [6, 6.07) is 6.12. The lowest BCUT2D eigenvalue weighted by atomic mass is 10.2. The number of hydrogen-bond donors (Lipinski definition) is 0. The Morgan fingerprint density at radius 2 is 2.12 bits per heavy atom. The van der Waals surface area contributed by atoms with Gasteiger partial charge in [0, 0.05) is 6.07 Å². The van der Waals surface area contributed by atoms with Gasteiger partial charge in [-0.1, -0.05) is 17.2 Å². The average molecular weight is 221 g/mol. The highest BCUT2D eigenvalue weighted by molar-refractivity contribution is 5.66. The summed E-state index contributed by atoms with van der Waals surface area (Å²) in [4.78, 5) is 10.2. The van der Waals surface area contributed by atoms with Crippen LogP contribution in [0.1, 0.15) is 0 Å². The van der Waals surface area contributed by atoms with Gasteiger partial charge in [0.2, 0.25) is 0 Å². The number of ether oxygens (including phenoxy) is 1. The normalized spacial score (nSPS) is 10.1. The van der Waals surface area contributed by atoms with Crippen LogP contribution in [0.2, 0.25) is 0 Å². The molecule has 0 bridgehead atoms. The second-order valence-electron chi connectivity index (χ2n) is 2.85. The third-order valence-electron chi connectivity index (χ3n) is 1.91. The molecule has 0 saturated heterocycles. The number of methoxy groups -OCH3 is 1. The summed E-state index contributed by atoms with van der Waals surface area (Å²) in [7, 11) is 1.37. The fraction of sp³-hybridized carbons (Fsp3) is 0.111. The van der Waals surface area contributed by atoms with E-state index < -0.39 is 4.92 Å². The van der Waals surface area contributed by atoms with Crippen LogP contribution in [-0.4, -0.2) is 22.2 Å². The minimum atomic E-state index is -0.508. The highest BCUT2D eigenvalue weighted by Gasteiger charge is 2.19. The molecule has 0 aliphatic rings. The number of rotatable bonds is 3. The third-order valence-corrected chi connectivity index (χ3v) is 1.91. The Hall–Kier alpha value is -2.44. The van der Waals surface area contributed by atoms with Crippen molar-refractivity contribution in [3.05, 3.63) is 34.4 Å². The first-order valence-corrected chi connectivity index (χ1v) is 4.33. The Morgan fingerprint density at radius 1 is 1.38 bits per heavy atom. The number of nitro groups is 1. The average Bonchev–Trinajstić information content (AvgIpc) is 2.77. The van der Waals surface area contributed by atoms with Crippen LogP contribution < -0.4 is 4.74 Å². The van der Waals surface area contributed by atoms with Crippen LogP contribution in [0.5, 0.6) is 6.08 Å². The van der Waals surface area contributed by atoms with Gasteiger partial charge in [0.25, 0.3) is 11.6 Å². The molecule has 0 unspecified atom stereocenters. The summed E-state index contributed by atoms with van der Waals surface area (Å²) >= 11 is 0. The Balaban J connectivity index is 2.50. The maximum absolute atomic E-state index is 10.8. The lowest BCUT2D eigenvalue weighted by Crippen LogP contribution is -1.91. The molecule has 0 amide bonds. The molecule has 7 nitrogen and oxygen atoms in total. The minimum absolute atomic E-state index is 0.0341. The van der Waals surface area contributed by atoms with Crippen molar-refractivity contribution >= 4 is 5.69 Å². The standard InChI is InChI=1S/C9H7N3O4/c1-15-9-11-10-8(16-9)6-4-2-3-5-7(6)12(13)14/h2-5H,1H3. The van der Waals surface area contributed by atoms with Crippen molar-refractivity contribution in [2.45, 2.75) is 0 Å². The van der Waals surface area contributed by atoms with E-state index in [1.165, 1.54) is 19.2 Å². The largest absolute Gasteiger partial charge is 0.452 e. The molecule has 0 aliphatic heterocycles. The quantitative estimate of drug-likeness (QED) is 0.578. The zero-order valence-electron chi connectivity index (χ0n) is 8.28. The molecule has 2 rings (SSSR count). The van der Waals surface area contributed by atoms with E-state index in [1.54, 1.807) is 12.1 Å². The summed E-state index contributed by atoms with van der Waals surface area (Å²) in [5.74, 6) is 0.0594. The van der Waals surface area contributed by atoms with E-state index in [0.29, 0.717) is 0 Å². The molecule has 7 heteroatoms. The SMILES string of the molecule is COc1nnc(-c2ccccc2[N+](=O)[O-])o1. The van der Waals surface area contributed by atoms with Gasteiger partial charge in [-0.15, -0.1) is 5.10 Å². The van der Waals surface area contributed by atoms with Gasteiger partial charge < -0.3 is 9.15 Å². The van der Waals surface area contributed by atoms with Crippen LogP contribution in [-0.2, 0) is 0 Å². The second-order valence-corrected chi connectivity index (χ2v) is 2.85. The lowest BCUT2D eigenvalue weighted by Gasteiger charge is -1.96. The maximum atomic E-state index is 10.8. The summed E-state index contributed by atoms with van der Waals surface area (Å²) < 4.78 is 9.77. The fourth-order valence-electron chi connectivity index (χ4n) is 1.21. The van der Waals surface area contributed by atoms with Gasteiger partial charge >= 0.3 is 6.08 Å². The summed E-state index contributed by atoms with van der Waals surface area (Å²) in [6.45, 7) is 0. The van der Waals surface area contributed by atoms with Crippen LogP contribution in [0.3, 0.4) is 0 Å². The summed E-state index contributed by atoms with van der Waals surface area (Å²) in [6.07, 6.45) is -0.0341. The highest BCUT2D eigenvalue weighted by Crippen LogP contribution is 2.29. The van der Waals surface area contributed by atoms with Gasteiger partial charge in [0.15, 0.2) is 0 Å². The van der Waals surface area contributed by atoms with Crippen molar-refractivity contribution in [3.63, 3.8) is 0 Å². The minimum Gasteiger partial charge on any atom is -0.452 e. The molecule has 1 aromatic heterocycles. The van der Waals surface area contributed by atoms with Crippen molar-refractivity contribution in [2.24, 2.45) is 0 Å². The molecule has 82 valence electrons. The van der Waals surface area contributed by atoms with E-state index >= 15 is 0 Å². The van der Waals surface area contributed by atoms with E-state index in [0.717, 1.165) is 0 Å². The predicted molar refractivity (Wildman–Crippen MR) is 52.9 cm³/mol. The number of benzene rings is 1. The van der Waals surface area contributed by atoms with E-state index in [2.05, 4.69) is 10.2 Å². The molecular formula is C9H7N3O4. The van der Waals surface area contributed by atoms with Gasteiger partial charge in [-0.3, -0.25) is 10.1 Å². The first-order chi connectivity index (χ1) is 7.72. The number of nitrogens with zero attached hydrogens (tertiary/aromatic N) is 3. The molecule has 0 N–H and O–H groups in total. The first-order valence-electron chi connectivity index (χ1n) is 4.33. The van der Waals surface area contributed by atoms with Gasteiger partial charge in [0.1, 0.15) is 5.56 Å². The summed E-state index contributed by atoms with van der Waals surface area (Å²) in [5.41, 5.74) is 0.178. The van der Waals surface area contributed by atoms with E-state index in [4.69, 9.17) is 9.15 Å².